The summed E-state index contributed by atoms with van der Waals surface area (Å²) in [5.74, 6) is -1.44. The third-order valence-electron chi connectivity index (χ3n) is 5.42. The van der Waals surface area contributed by atoms with Gasteiger partial charge >= 0.3 is 0 Å². The summed E-state index contributed by atoms with van der Waals surface area (Å²) in [6.45, 7) is 0. The Hall–Kier alpha value is -3.99. The molecule has 0 amide bonds. The van der Waals surface area contributed by atoms with Crippen molar-refractivity contribution in [1.29, 1.82) is 5.26 Å². The highest BCUT2D eigenvalue weighted by Crippen LogP contribution is 2.47. The number of carbonyl (C=O) groups is 1. The number of Topliss-reactive ketones (excluding diaryl/α,β-unsaturated/α-hetero) is 1. The molecule has 0 saturated carbocycles. The molecule has 0 radical (unpaired) electrons. The molecule has 2 unspecified atom stereocenters. The van der Waals surface area contributed by atoms with E-state index in [9.17, 15) is 24.6 Å². The van der Waals surface area contributed by atoms with Crippen LogP contribution in [0.3, 0.4) is 0 Å². The minimum Gasteiger partial charge on any atom is -0.444 e. The summed E-state index contributed by atoms with van der Waals surface area (Å²) >= 11 is 0. The summed E-state index contributed by atoms with van der Waals surface area (Å²) in [7, 11) is 0. The third kappa shape index (κ3) is 3.31. The highest BCUT2D eigenvalue weighted by Gasteiger charge is 2.41. The van der Waals surface area contributed by atoms with Gasteiger partial charge in [-0.25, -0.2) is 4.39 Å². The SMILES string of the molecule is N#CC1=C(N)OC2=C(C(=O)CC(c3ccc(F)cc3)C2)C1c1cccc([N+](=O)[O-])c1. The largest absolute Gasteiger partial charge is 0.444 e. The molecule has 150 valence electrons. The minimum absolute atomic E-state index is 0.0443. The number of non-ortho nitro benzene ring substituents is 1. The maximum Gasteiger partial charge on any atom is 0.269 e. The third-order valence-corrected chi connectivity index (χ3v) is 5.42. The summed E-state index contributed by atoms with van der Waals surface area (Å²) in [5, 5.41) is 20.8. The summed E-state index contributed by atoms with van der Waals surface area (Å²) in [5.41, 5.74) is 7.38. The molecule has 0 aromatic heterocycles. The lowest BCUT2D eigenvalue weighted by atomic mass is 9.73. The molecule has 2 atom stereocenters. The highest BCUT2D eigenvalue weighted by molar-refractivity contribution is 6.00. The Morgan fingerprint density at radius 2 is 1.90 bits per heavy atom. The van der Waals surface area contributed by atoms with Crippen molar-refractivity contribution in [3.63, 3.8) is 0 Å². The Morgan fingerprint density at radius 3 is 2.57 bits per heavy atom. The maximum atomic E-state index is 13.3. The first kappa shape index (κ1) is 19.3. The predicted molar refractivity (Wildman–Crippen MR) is 104 cm³/mol. The summed E-state index contributed by atoms with van der Waals surface area (Å²) < 4.78 is 18.9. The quantitative estimate of drug-likeness (QED) is 0.610. The topological polar surface area (TPSA) is 119 Å². The smallest absolute Gasteiger partial charge is 0.269 e. The second kappa shape index (κ2) is 7.44. The number of nitro groups is 1. The van der Waals surface area contributed by atoms with Gasteiger partial charge < -0.3 is 10.5 Å². The van der Waals surface area contributed by atoms with E-state index < -0.39 is 10.8 Å². The van der Waals surface area contributed by atoms with Crippen molar-refractivity contribution in [2.75, 3.05) is 0 Å². The van der Waals surface area contributed by atoms with Gasteiger partial charge in [-0.2, -0.15) is 5.26 Å². The molecular weight excluding hydrogens is 389 g/mol. The van der Waals surface area contributed by atoms with E-state index in [0.717, 1.165) is 5.56 Å². The summed E-state index contributed by atoms with van der Waals surface area (Å²) in [4.78, 5) is 23.8. The Morgan fingerprint density at radius 1 is 1.17 bits per heavy atom. The number of nitro benzene ring substituents is 1. The summed E-state index contributed by atoms with van der Waals surface area (Å²) in [6.07, 6.45) is 0.495. The Labute approximate surface area is 171 Å². The van der Waals surface area contributed by atoms with Crippen LogP contribution >= 0.6 is 0 Å². The minimum atomic E-state index is -0.833. The Kier molecular flexibility index (Phi) is 4.80. The van der Waals surface area contributed by atoms with Crippen molar-refractivity contribution in [1.82, 2.24) is 0 Å². The molecule has 2 aliphatic rings. The van der Waals surface area contributed by atoms with Gasteiger partial charge in [-0.05, 0) is 29.2 Å². The van der Waals surface area contributed by atoms with Gasteiger partial charge in [0, 0.05) is 30.5 Å². The average Bonchev–Trinajstić information content (AvgIpc) is 2.73. The molecule has 1 aliphatic heterocycles. The molecule has 30 heavy (non-hydrogen) atoms. The number of ether oxygens (including phenoxy) is 1. The van der Waals surface area contributed by atoms with Gasteiger partial charge in [0.1, 0.15) is 23.2 Å². The number of hydrogen-bond acceptors (Lipinski definition) is 6. The fourth-order valence-corrected chi connectivity index (χ4v) is 4.03. The van der Waals surface area contributed by atoms with E-state index in [2.05, 4.69) is 0 Å². The van der Waals surface area contributed by atoms with Gasteiger partial charge in [0.2, 0.25) is 5.88 Å². The fraction of sp³-hybridized carbons (Fsp3) is 0.182. The van der Waals surface area contributed by atoms with Crippen LogP contribution in [0, 0.1) is 27.3 Å². The van der Waals surface area contributed by atoms with Gasteiger partial charge in [-0.15, -0.1) is 0 Å². The van der Waals surface area contributed by atoms with Gasteiger partial charge in [-0.3, -0.25) is 14.9 Å². The van der Waals surface area contributed by atoms with Crippen LogP contribution in [0.2, 0.25) is 0 Å². The molecule has 2 aromatic carbocycles. The van der Waals surface area contributed by atoms with Crippen molar-refractivity contribution < 1.29 is 18.8 Å². The maximum absolute atomic E-state index is 13.3. The molecule has 1 aliphatic carbocycles. The number of rotatable bonds is 3. The zero-order valence-corrected chi connectivity index (χ0v) is 15.7. The van der Waals surface area contributed by atoms with Crippen LogP contribution in [0.4, 0.5) is 10.1 Å². The van der Waals surface area contributed by atoms with Crippen LogP contribution < -0.4 is 5.73 Å². The molecule has 2 N–H and O–H groups in total. The fourth-order valence-electron chi connectivity index (χ4n) is 4.03. The van der Waals surface area contributed by atoms with Crippen LogP contribution in [-0.2, 0) is 9.53 Å². The summed E-state index contributed by atoms with van der Waals surface area (Å²) in [6, 6.07) is 13.7. The Bertz CT molecular complexity index is 1160. The number of nitrogens with two attached hydrogens (primary N) is 1. The normalized spacial score (nSPS) is 21.0. The van der Waals surface area contributed by atoms with Crippen molar-refractivity contribution in [2.45, 2.75) is 24.7 Å². The highest BCUT2D eigenvalue weighted by atomic mass is 19.1. The molecule has 7 nitrogen and oxygen atoms in total. The number of halogens is 1. The standard InChI is InChI=1S/C22H16FN3O4/c23-15-6-4-12(5-7-15)14-9-18(27)21-19(10-14)30-22(25)17(11-24)20(21)13-2-1-3-16(8-13)26(28)29/h1-8,14,20H,9-10,25H2. The molecular formula is C22H16FN3O4. The molecule has 0 spiro atoms. The molecule has 2 aromatic rings. The lowest BCUT2D eigenvalue weighted by molar-refractivity contribution is -0.384. The van der Waals surface area contributed by atoms with Crippen LogP contribution in [0.25, 0.3) is 0 Å². The lowest BCUT2D eigenvalue weighted by Gasteiger charge is -2.34. The van der Waals surface area contributed by atoms with E-state index in [1.165, 1.54) is 30.3 Å². The van der Waals surface area contributed by atoms with Crippen molar-refractivity contribution in [3.05, 3.63) is 98.4 Å². The van der Waals surface area contributed by atoms with E-state index in [-0.39, 0.29) is 41.1 Å². The van der Waals surface area contributed by atoms with Crippen molar-refractivity contribution in [3.8, 4) is 6.07 Å². The van der Waals surface area contributed by atoms with Crippen LogP contribution in [-0.4, -0.2) is 10.7 Å². The number of hydrogen-bond donors (Lipinski definition) is 1. The van der Waals surface area contributed by atoms with E-state index in [4.69, 9.17) is 10.5 Å². The lowest BCUT2D eigenvalue weighted by Crippen LogP contribution is -2.29. The van der Waals surface area contributed by atoms with E-state index in [1.807, 2.05) is 6.07 Å². The molecule has 1 heterocycles. The van der Waals surface area contributed by atoms with Gasteiger partial charge in [-0.1, -0.05) is 24.3 Å². The van der Waals surface area contributed by atoms with Crippen LogP contribution in [0.15, 0.2) is 71.3 Å². The molecule has 8 heteroatoms. The van der Waals surface area contributed by atoms with Crippen LogP contribution in [0.5, 0.6) is 0 Å². The van der Waals surface area contributed by atoms with Crippen molar-refractivity contribution >= 4 is 11.5 Å². The number of benzene rings is 2. The van der Waals surface area contributed by atoms with E-state index >= 15 is 0 Å². The van der Waals surface area contributed by atoms with E-state index in [0.29, 0.717) is 23.3 Å². The number of carbonyl (C=O) groups excluding carboxylic acids is 1. The number of allylic oxidation sites excluding steroid dienone is 3. The van der Waals surface area contributed by atoms with Crippen LogP contribution in [0.1, 0.15) is 35.8 Å². The monoisotopic (exact) mass is 405 g/mol. The van der Waals surface area contributed by atoms with Gasteiger partial charge in [0.05, 0.1) is 10.8 Å². The number of nitrogens with zero attached hydrogens (tertiary/aromatic N) is 2. The second-order valence-corrected chi connectivity index (χ2v) is 7.19. The van der Waals surface area contributed by atoms with Gasteiger partial charge in [0.15, 0.2) is 5.78 Å². The molecule has 0 fully saturated rings. The predicted octanol–water partition coefficient (Wildman–Crippen LogP) is 3.94. The van der Waals surface area contributed by atoms with E-state index in [1.54, 1.807) is 18.2 Å². The molecule has 4 rings (SSSR count). The zero-order valence-electron chi connectivity index (χ0n) is 15.7. The first-order chi connectivity index (χ1) is 14.4. The first-order valence-corrected chi connectivity index (χ1v) is 9.22. The zero-order chi connectivity index (χ0) is 21.4. The average molecular weight is 405 g/mol. The number of ketones is 1. The Balaban J connectivity index is 1.79. The number of nitriles is 1. The van der Waals surface area contributed by atoms with Crippen molar-refractivity contribution in [2.24, 2.45) is 5.73 Å². The van der Waals surface area contributed by atoms with Gasteiger partial charge in [0.25, 0.3) is 5.69 Å². The molecule has 0 saturated heterocycles. The molecule has 0 bridgehead atoms. The first-order valence-electron chi connectivity index (χ1n) is 9.22. The second-order valence-electron chi connectivity index (χ2n) is 7.19.